The fraction of sp³-hybridized carbons (Fsp3) is 0.250. The van der Waals surface area contributed by atoms with Gasteiger partial charge in [0.25, 0.3) is 10.0 Å². The third kappa shape index (κ3) is 2.88. The minimum Gasteiger partial charge on any atom is -0.398 e. The highest BCUT2D eigenvalue weighted by atomic mass is 32.2. The summed E-state index contributed by atoms with van der Waals surface area (Å²) in [6.07, 6.45) is 0. The predicted octanol–water partition coefficient (Wildman–Crippen LogP) is 3.30. The van der Waals surface area contributed by atoms with E-state index in [0.29, 0.717) is 11.3 Å². The van der Waals surface area contributed by atoms with Crippen LogP contribution < -0.4 is 10.5 Å². The van der Waals surface area contributed by atoms with Gasteiger partial charge in [-0.2, -0.15) is 0 Å². The molecule has 0 amide bonds. The van der Waals surface area contributed by atoms with Crippen molar-refractivity contribution in [2.75, 3.05) is 10.5 Å². The second-order valence-electron chi connectivity index (χ2n) is 5.30. The molecule has 0 unspecified atom stereocenters. The third-order valence-electron chi connectivity index (χ3n) is 3.69. The molecule has 0 aromatic heterocycles. The van der Waals surface area contributed by atoms with Gasteiger partial charge in [0.2, 0.25) is 0 Å². The Balaban J connectivity index is 2.57. The van der Waals surface area contributed by atoms with E-state index in [2.05, 4.69) is 4.72 Å². The second kappa shape index (κ2) is 5.41. The fourth-order valence-electron chi connectivity index (χ4n) is 2.33. The Morgan fingerprint density at radius 2 is 1.48 bits per heavy atom. The van der Waals surface area contributed by atoms with E-state index < -0.39 is 10.0 Å². The zero-order valence-electron chi connectivity index (χ0n) is 12.7. The molecule has 0 bridgehead atoms. The van der Waals surface area contributed by atoms with Crippen LogP contribution in [0.2, 0.25) is 0 Å². The van der Waals surface area contributed by atoms with Crippen LogP contribution in [0.25, 0.3) is 0 Å². The van der Waals surface area contributed by atoms with Gasteiger partial charge >= 0.3 is 0 Å². The molecule has 0 aliphatic rings. The van der Waals surface area contributed by atoms with Gasteiger partial charge < -0.3 is 5.73 Å². The molecular formula is C16H20N2O2S. The quantitative estimate of drug-likeness (QED) is 0.855. The molecule has 2 aromatic rings. The highest BCUT2D eigenvalue weighted by Crippen LogP contribution is 2.29. The van der Waals surface area contributed by atoms with E-state index in [1.165, 1.54) is 0 Å². The molecule has 0 atom stereocenters. The van der Waals surface area contributed by atoms with Crippen LogP contribution >= 0.6 is 0 Å². The number of sulfonamides is 1. The van der Waals surface area contributed by atoms with Gasteiger partial charge in [0, 0.05) is 0 Å². The predicted molar refractivity (Wildman–Crippen MR) is 87.1 cm³/mol. The van der Waals surface area contributed by atoms with Crippen molar-refractivity contribution in [3.05, 3.63) is 52.6 Å². The Labute approximate surface area is 126 Å². The number of nitrogen functional groups attached to an aromatic ring is 1. The lowest BCUT2D eigenvalue weighted by Gasteiger charge is -2.16. The number of nitrogens with one attached hydrogen (secondary N) is 1. The van der Waals surface area contributed by atoms with E-state index in [9.17, 15) is 8.42 Å². The highest BCUT2D eigenvalue weighted by Gasteiger charge is 2.22. The van der Waals surface area contributed by atoms with Crippen molar-refractivity contribution in [2.24, 2.45) is 0 Å². The monoisotopic (exact) mass is 304 g/mol. The Morgan fingerprint density at radius 3 is 2.05 bits per heavy atom. The Kier molecular flexibility index (Phi) is 3.96. The van der Waals surface area contributed by atoms with Gasteiger partial charge in [-0.3, -0.25) is 4.72 Å². The molecule has 0 radical (unpaired) electrons. The van der Waals surface area contributed by atoms with Crippen LogP contribution in [-0.4, -0.2) is 8.42 Å². The van der Waals surface area contributed by atoms with Gasteiger partial charge in [0.1, 0.15) is 4.90 Å². The van der Waals surface area contributed by atoms with Crippen molar-refractivity contribution in [1.29, 1.82) is 0 Å². The minimum absolute atomic E-state index is 0.158. The number of nitrogens with two attached hydrogens (primary N) is 1. The molecule has 0 aliphatic heterocycles. The fourth-order valence-corrected chi connectivity index (χ4v) is 3.96. The normalized spacial score (nSPS) is 11.4. The summed E-state index contributed by atoms with van der Waals surface area (Å²) in [7, 11) is -3.72. The lowest BCUT2D eigenvalue weighted by Crippen LogP contribution is -2.18. The van der Waals surface area contributed by atoms with Crippen molar-refractivity contribution in [1.82, 2.24) is 0 Å². The van der Waals surface area contributed by atoms with Gasteiger partial charge in [-0.05, 0) is 56.0 Å². The zero-order valence-corrected chi connectivity index (χ0v) is 13.5. The molecule has 0 fully saturated rings. The zero-order chi connectivity index (χ0) is 15.8. The van der Waals surface area contributed by atoms with Crippen LogP contribution in [-0.2, 0) is 10.0 Å². The number of para-hydroxylation sites is 1. The maximum absolute atomic E-state index is 12.7. The van der Waals surface area contributed by atoms with Crippen LogP contribution in [0.15, 0.2) is 35.2 Å². The van der Waals surface area contributed by atoms with Gasteiger partial charge in [0.05, 0.1) is 11.4 Å². The van der Waals surface area contributed by atoms with E-state index >= 15 is 0 Å². The molecule has 0 spiro atoms. The molecule has 2 aromatic carbocycles. The SMILES string of the molecule is Cc1ccc(N)c(S(=O)(=O)Nc2c(C)cccc2C)c1C. The van der Waals surface area contributed by atoms with Crippen LogP contribution in [0, 0.1) is 27.7 Å². The molecule has 112 valence electrons. The van der Waals surface area contributed by atoms with Crippen molar-refractivity contribution in [2.45, 2.75) is 32.6 Å². The second-order valence-corrected chi connectivity index (χ2v) is 6.92. The third-order valence-corrected chi connectivity index (χ3v) is 5.25. The Hall–Kier alpha value is -2.01. The van der Waals surface area contributed by atoms with Crippen molar-refractivity contribution >= 4 is 21.4 Å². The first-order chi connectivity index (χ1) is 9.74. The molecule has 0 saturated heterocycles. The van der Waals surface area contributed by atoms with Gasteiger partial charge in [-0.1, -0.05) is 24.3 Å². The summed E-state index contributed by atoms with van der Waals surface area (Å²) >= 11 is 0. The van der Waals surface area contributed by atoms with Crippen LogP contribution in [0.1, 0.15) is 22.3 Å². The number of benzene rings is 2. The van der Waals surface area contributed by atoms with Crippen LogP contribution in [0.3, 0.4) is 0 Å². The van der Waals surface area contributed by atoms with E-state index in [1.807, 2.05) is 45.0 Å². The molecular weight excluding hydrogens is 284 g/mol. The number of hydrogen-bond donors (Lipinski definition) is 2. The Bertz CT molecular complexity index is 776. The maximum Gasteiger partial charge on any atom is 0.264 e. The number of aryl methyl sites for hydroxylation is 3. The molecule has 0 saturated carbocycles. The van der Waals surface area contributed by atoms with Gasteiger partial charge in [-0.25, -0.2) is 8.42 Å². The van der Waals surface area contributed by atoms with E-state index in [0.717, 1.165) is 16.7 Å². The first-order valence-corrected chi connectivity index (χ1v) is 8.17. The molecule has 5 heteroatoms. The first kappa shape index (κ1) is 15.4. The van der Waals surface area contributed by atoms with E-state index in [1.54, 1.807) is 13.0 Å². The minimum atomic E-state index is -3.72. The molecule has 0 heterocycles. The van der Waals surface area contributed by atoms with E-state index in [-0.39, 0.29) is 10.6 Å². The largest absolute Gasteiger partial charge is 0.398 e. The van der Waals surface area contributed by atoms with Crippen LogP contribution in [0.5, 0.6) is 0 Å². The van der Waals surface area contributed by atoms with E-state index in [4.69, 9.17) is 5.73 Å². The lowest BCUT2D eigenvalue weighted by molar-refractivity contribution is 0.601. The first-order valence-electron chi connectivity index (χ1n) is 6.68. The van der Waals surface area contributed by atoms with Gasteiger partial charge in [-0.15, -0.1) is 0 Å². The highest BCUT2D eigenvalue weighted by molar-refractivity contribution is 7.93. The molecule has 3 N–H and O–H groups in total. The summed E-state index contributed by atoms with van der Waals surface area (Å²) in [6.45, 7) is 7.38. The van der Waals surface area contributed by atoms with Crippen LogP contribution in [0.4, 0.5) is 11.4 Å². The summed E-state index contributed by atoms with van der Waals surface area (Å²) < 4.78 is 28.1. The molecule has 21 heavy (non-hydrogen) atoms. The summed E-state index contributed by atoms with van der Waals surface area (Å²) in [5.41, 5.74) is 10.1. The Morgan fingerprint density at radius 1 is 0.905 bits per heavy atom. The van der Waals surface area contributed by atoms with Crippen molar-refractivity contribution < 1.29 is 8.42 Å². The number of anilines is 2. The standard InChI is InChI=1S/C16H20N2O2S/c1-10-8-9-14(17)16(13(10)4)21(19,20)18-15-11(2)6-5-7-12(15)3/h5-9,18H,17H2,1-4H3. The smallest absolute Gasteiger partial charge is 0.264 e. The molecule has 4 nitrogen and oxygen atoms in total. The molecule has 2 rings (SSSR count). The summed E-state index contributed by atoms with van der Waals surface area (Å²) in [5, 5.41) is 0. The summed E-state index contributed by atoms with van der Waals surface area (Å²) in [5.74, 6) is 0. The van der Waals surface area contributed by atoms with Crippen molar-refractivity contribution in [3.63, 3.8) is 0 Å². The lowest BCUT2D eigenvalue weighted by atomic mass is 10.1. The van der Waals surface area contributed by atoms with Crippen molar-refractivity contribution in [3.8, 4) is 0 Å². The number of hydrogen-bond acceptors (Lipinski definition) is 3. The maximum atomic E-state index is 12.7. The number of rotatable bonds is 3. The van der Waals surface area contributed by atoms with Gasteiger partial charge in [0.15, 0.2) is 0 Å². The summed E-state index contributed by atoms with van der Waals surface area (Å²) in [6, 6.07) is 9.09. The average Bonchev–Trinajstić information content (AvgIpc) is 2.39. The average molecular weight is 304 g/mol. The summed E-state index contributed by atoms with van der Waals surface area (Å²) in [4.78, 5) is 0.158. The topological polar surface area (TPSA) is 72.2 Å². The molecule has 0 aliphatic carbocycles.